The van der Waals surface area contributed by atoms with Crippen LogP contribution in [0, 0.1) is 0 Å². The van der Waals surface area contributed by atoms with Gasteiger partial charge in [0, 0.05) is 16.5 Å². The largest absolute Gasteiger partial charge is 0.309 e. The van der Waals surface area contributed by atoms with Crippen molar-refractivity contribution in [2.24, 2.45) is 0 Å². The Balaban J connectivity index is 1.00. The molecule has 0 radical (unpaired) electrons. The molecule has 4 nitrogen and oxygen atoms in total. The molecule has 0 saturated carbocycles. The Morgan fingerprint density at radius 3 is 1.60 bits per heavy atom. The lowest BCUT2D eigenvalue weighted by atomic mass is 9.67. The van der Waals surface area contributed by atoms with Crippen molar-refractivity contribution in [3.8, 4) is 27.9 Å². The number of nitrogens with one attached hydrogen (secondary N) is 3. The molecule has 0 bridgehead atoms. The van der Waals surface area contributed by atoms with E-state index in [1.165, 1.54) is 83.0 Å². The molecule has 1 fully saturated rings. The molecule has 3 atom stereocenters. The normalized spacial score (nSPS) is 17.8. The Bertz CT molecular complexity index is 3170. The Labute approximate surface area is 362 Å². The van der Waals surface area contributed by atoms with Gasteiger partial charge in [0.15, 0.2) is 0 Å². The van der Waals surface area contributed by atoms with Gasteiger partial charge in [-0.3, -0.25) is 16.0 Å². The van der Waals surface area contributed by atoms with Gasteiger partial charge < -0.3 is 4.57 Å². The molecule has 1 saturated heterocycles. The Morgan fingerprint density at radius 2 is 0.903 bits per heavy atom. The van der Waals surface area contributed by atoms with Crippen LogP contribution in [0.15, 0.2) is 231 Å². The maximum absolute atomic E-state index is 3.95. The molecule has 1 aromatic heterocycles. The van der Waals surface area contributed by atoms with Gasteiger partial charge in [-0.25, -0.2) is 0 Å². The zero-order valence-corrected chi connectivity index (χ0v) is 34.1. The third-order valence-corrected chi connectivity index (χ3v) is 13.2. The van der Waals surface area contributed by atoms with E-state index in [-0.39, 0.29) is 18.5 Å². The molecule has 4 heteroatoms. The van der Waals surface area contributed by atoms with Crippen LogP contribution in [0.2, 0.25) is 0 Å². The monoisotopic (exact) mass is 796 g/mol. The molecule has 62 heavy (non-hydrogen) atoms. The summed E-state index contributed by atoms with van der Waals surface area (Å²) in [5.74, 6) is 0. The summed E-state index contributed by atoms with van der Waals surface area (Å²) < 4.78 is 2.47. The lowest BCUT2D eigenvalue weighted by Crippen LogP contribution is -2.54. The summed E-state index contributed by atoms with van der Waals surface area (Å²) in [6, 6.07) is 84.2. The summed E-state index contributed by atoms with van der Waals surface area (Å²) in [5.41, 5.74) is 16.8. The van der Waals surface area contributed by atoms with Crippen molar-refractivity contribution in [2.75, 3.05) is 0 Å². The number of benzene rings is 9. The quantitative estimate of drug-likeness (QED) is 0.150. The standard InChI is InChI=1S/C58H44N4/c1-5-18-39(19-6-1)40-32-34-42(35-33-40)56-59-55(41-20-7-2-8-21-41)60-57(61-56)43-22-17-27-46(38-43)62-51-31-16-14-29-48(51)54-52(62)37-36-50-53(54)47-28-13-15-30-49(47)58(50,44-23-9-3-10-24-44)45-25-11-4-12-26-45/h1-38,55-57,59-61H. The van der Waals surface area contributed by atoms with Crippen molar-refractivity contribution in [3.63, 3.8) is 0 Å². The Hall–Kier alpha value is -7.34. The van der Waals surface area contributed by atoms with Gasteiger partial charge in [-0.2, -0.15) is 0 Å². The van der Waals surface area contributed by atoms with Gasteiger partial charge in [0.05, 0.1) is 34.9 Å². The number of aromatic nitrogens is 1. The summed E-state index contributed by atoms with van der Waals surface area (Å²) >= 11 is 0. The maximum atomic E-state index is 3.95. The second kappa shape index (κ2) is 15.0. The van der Waals surface area contributed by atoms with E-state index >= 15 is 0 Å². The molecule has 3 N–H and O–H groups in total. The van der Waals surface area contributed by atoms with Crippen LogP contribution in [-0.4, -0.2) is 4.57 Å². The number of nitrogens with zero attached hydrogens (tertiary/aromatic N) is 1. The van der Waals surface area contributed by atoms with E-state index in [0.717, 1.165) is 5.69 Å². The minimum atomic E-state index is -0.466. The first kappa shape index (κ1) is 36.5. The zero-order chi connectivity index (χ0) is 41.0. The maximum Gasteiger partial charge on any atom is 0.0865 e. The molecule has 296 valence electrons. The van der Waals surface area contributed by atoms with E-state index in [9.17, 15) is 0 Å². The van der Waals surface area contributed by atoms with Gasteiger partial charge in [-0.05, 0) is 85.5 Å². The van der Waals surface area contributed by atoms with Crippen molar-refractivity contribution in [3.05, 3.63) is 269 Å². The second-order valence-electron chi connectivity index (χ2n) is 16.6. The van der Waals surface area contributed by atoms with Crippen LogP contribution in [-0.2, 0) is 5.41 Å². The molecule has 1 aliphatic heterocycles. The summed E-state index contributed by atoms with van der Waals surface area (Å²) in [5, 5.41) is 14.3. The molecule has 0 amide bonds. The zero-order valence-electron chi connectivity index (χ0n) is 34.1. The predicted molar refractivity (Wildman–Crippen MR) is 254 cm³/mol. The fourth-order valence-corrected chi connectivity index (χ4v) is 10.5. The van der Waals surface area contributed by atoms with E-state index in [0.29, 0.717) is 0 Å². The van der Waals surface area contributed by atoms with Crippen molar-refractivity contribution >= 4 is 21.8 Å². The first-order valence-electron chi connectivity index (χ1n) is 21.6. The molecule has 12 rings (SSSR count). The highest BCUT2D eigenvalue weighted by Gasteiger charge is 2.47. The van der Waals surface area contributed by atoms with Crippen molar-refractivity contribution in [2.45, 2.75) is 23.9 Å². The van der Waals surface area contributed by atoms with Crippen molar-refractivity contribution < 1.29 is 0 Å². The number of hydrogen-bond donors (Lipinski definition) is 3. The Morgan fingerprint density at radius 1 is 0.371 bits per heavy atom. The SMILES string of the molecule is c1ccc(-c2ccc(C3NC(c4ccccc4)NC(c4cccc(-n5c6ccccc6c6c7c(ccc65)C(c5ccccc5)(c5ccccc5)c5ccccc5-7)c4)N3)cc2)cc1. The van der Waals surface area contributed by atoms with Crippen LogP contribution in [0.5, 0.6) is 0 Å². The lowest BCUT2D eigenvalue weighted by Gasteiger charge is -2.39. The van der Waals surface area contributed by atoms with Crippen LogP contribution in [0.4, 0.5) is 0 Å². The third kappa shape index (κ3) is 5.80. The van der Waals surface area contributed by atoms with Crippen LogP contribution >= 0.6 is 0 Å². The fraction of sp³-hybridized carbons (Fsp3) is 0.0690. The highest BCUT2D eigenvalue weighted by molar-refractivity contribution is 6.18. The Kier molecular flexibility index (Phi) is 8.82. The molecular weight excluding hydrogens is 753 g/mol. The van der Waals surface area contributed by atoms with Gasteiger partial charge in [0.2, 0.25) is 0 Å². The molecule has 2 aliphatic rings. The van der Waals surface area contributed by atoms with E-state index in [2.05, 4.69) is 251 Å². The number of rotatable bonds is 7. The van der Waals surface area contributed by atoms with Crippen LogP contribution < -0.4 is 16.0 Å². The van der Waals surface area contributed by atoms with E-state index < -0.39 is 5.41 Å². The van der Waals surface area contributed by atoms with Crippen LogP contribution in [0.25, 0.3) is 49.7 Å². The smallest absolute Gasteiger partial charge is 0.0865 e. The van der Waals surface area contributed by atoms with Gasteiger partial charge in [0.25, 0.3) is 0 Å². The first-order valence-corrected chi connectivity index (χ1v) is 21.6. The minimum absolute atomic E-state index is 0.0738. The summed E-state index contributed by atoms with van der Waals surface area (Å²) in [7, 11) is 0. The number of para-hydroxylation sites is 1. The average Bonchev–Trinajstić information content (AvgIpc) is 3.86. The van der Waals surface area contributed by atoms with Crippen LogP contribution in [0.1, 0.15) is 57.4 Å². The van der Waals surface area contributed by atoms with Crippen LogP contribution in [0.3, 0.4) is 0 Å². The molecule has 1 aliphatic carbocycles. The number of fused-ring (bicyclic) bond motifs is 7. The first-order chi connectivity index (χ1) is 30.8. The fourth-order valence-electron chi connectivity index (χ4n) is 10.5. The molecule has 0 spiro atoms. The topological polar surface area (TPSA) is 41.0 Å². The van der Waals surface area contributed by atoms with Crippen molar-refractivity contribution in [1.29, 1.82) is 0 Å². The summed E-state index contributed by atoms with van der Waals surface area (Å²) in [4.78, 5) is 0. The highest BCUT2D eigenvalue weighted by atomic mass is 15.4. The van der Waals surface area contributed by atoms with Gasteiger partial charge in [0.1, 0.15) is 0 Å². The highest BCUT2D eigenvalue weighted by Crippen LogP contribution is 2.58. The molecule has 3 unspecified atom stereocenters. The summed E-state index contributed by atoms with van der Waals surface area (Å²) in [6.07, 6.45) is -0.303. The van der Waals surface area contributed by atoms with E-state index in [4.69, 9.17) is 0 Å². The average molecular weight is 797 g/mol. The van der Waals surface area contributed by atoms with E-state index in [1.807, 2.05) is 0 Å². The summed E-state index contributed by atoms with van der Waals surface area (Å²) in [6.45, 7) is 0. The van der Waals surface area contributed by atoms with Gasteiger partial charge in [-0.1, -0.05) is 206 Å². The molecular formula is C58H44N4. The molecule has 10 aromatic rings. The molecule has 9 aromatic carbocycles. The number of hydrogen-bond acceptors (Lipinski definition) is 3. The van der Waals surface area contributed by atoms with Crippen molar-refractivity contribution in [1.82, 2.24) is 20.5 Å². The predicted octanol–water partition coefficient (Wildman–Crippen LogP) is 13.0. The van der Waals surface area contributed by atoms with Gasteiger partial charge >= 0.3 is 0 Å². The minimum Gasteiger partial charge on any atom is -0.309 e. The molecule has 2 heterocycles. The van der Waals surface area contributed by atoms with E-state index in [1.54, 1.807) is 0 Å². The third-order valence-electron chi connectivity index (χ3n) is 13.2. The lowest BCUT2D eigenvalue weighted by molar-refractivity contribution is 0.203. The second-order valence-corrected chi connectivity index (χ2v) is 16.6. The van der Waals surface area contributed by atoms with Gasteiger partial charge in [-0.15, -0.1) is 0 Å².